The molecule has 1 saturated carbocycles. The fraction of sp³-hybridized carbons (Fsp3) is 0.800. The zero-order valence-corrected chi connectivity index (χ0v) is 14.3. The third kappa shape index (κ3) is 4.39. The van der Waals surface area contributed by atoms with Gasteiger partial charge in [0, 0.05) is 10.6 Å². The van der Waals surface area contributed by atoms with Crippen LogP contribution in [-0.2, 0) is 14.3 Å². The SMILES string of the molecule is O=C1NC(=O)C(CC2CCC(SC3CCC(Cl)CC3)O2)C(=O)N1. The molecule has 0 spiro atoms. The number of amides is 4. The van der Waals surface area contributed by atoms with Gasteiger partial charge in [0.15, 0.2) is 0 Å². The van der Waals surface area contributed by atoms with Crippen molar-refractivity contribution in [3.05, 3.63) is 0 Å². The first-order chi connectivity index (χ1) is 11.0. The number of barbiturate groups is 1. The lowest BCUT2D eigenvalue weighted by atomic mass is 9.97. The van der Waals surface area contributed by atoms with Crippen molar-refractivity contribution < 1.29 is 19.1 Å². The number of hydrogen-bond acceptors (Lipinski definition) is 5. The van der Waals surface area contributed by atoms with E-state index in [2.05, 4.69) is 10.6 Å². The Labute approximate surface area is 144 Å². The summed E-state index contributed by atoms with van der Waals surface area (Å²) in [5.74, 6) is -1.90. The molecule has 2 unspecified atom stereocenters. The van der Waals surface area contributed by atoms with Gasteiger partial charge < -0.3 is 4.74 Å². The molecule has 0 aromatic rings. The topological polar surface area (TPSA) is 84.5 Å². The number of carbonyl (C=O) groups is 3. The summed E-state index contributed by atoms with van der Waals surface area (Å²) >= 11 is 7.99. The summed E-state index contributed by atoms with van der Waals surface area (Å²) in [6.45, 7) is 0. The average Bonchev–Trinajstić information content (AvgIpc) is 2.93. The molecule has 0 bridgehead atoms. The van der Waals surface area contributed by atoms with Crippen LogP contribution < -0.4 is 10.6 Å². The molecular weight excluding hydrogens is 340 g/mol. The molecule has 2 heterocycles. The van der Waals surface area contributed by atoms with Crippen molar-refractivity contribution in [2.75, 3.05) is 0 Å². The lowest BCUT2D eigenvalue weighted by Gasteiger charge is -2.27. The largest absolute Gasteiger partial charge is 0.364 e. The molecule has 3 fully saturated rings. The number of alkyl halides is 1. The van der Waals surface area contributed by atoms with Crippen LogP contribution in [0.5, 0.6) is 0 Å². The van der Waals surface area contributed by atoms with E-state index in [0.717, 1.165) is 38.5 Å². The minimum Gasteiger partial charge on any atom is -0.364 e. The average molecular weight is 361 g/mol. The molecule has 4 amide bonds. The van der Waals surface area contributed by atoms with Crippen molar-refractivity contribution in [2.45, 2.75) is 67.1 Å². The third-order valence-electron chi connectivity index (χ3n) is 4.62. The summed E-state index contributed by atoms with van der Waals surface area (Å²) in [5.41, 5.74) is 0.133. The highest BCUT2D eigenvalue weighted by Crippen LogP contribution is 2.39. The van der Waals surface area contributed by atoms with E-state index in [1.54, 1.807) is 0 Å². The molecule has 1 aliphatic carbocycles. The van der Waals surface area contributed by atoms with Crippen LogP contribution in [-0.4, -0.2) is 40.0 Å². The standard InChI is InChI=1S/C15H21ClN2O4S/c16-8-1-4-10(5-2-8)23-12-6-3-9(22-12)7-11-13(19)17-15(21)18-14(11)20/h8-12H,1-7H2,(H2,17,18,19,20,21). The van der Waals surface area contributed by atoms with Crippen molar-refractivity contribution in [1.82, 2.24) is 10.6 Å². The predicted molar refractivity (Wildman–Crippen MR) is 87.2 cm³/mol. The molecular formula is C15H21ClN2O4S. The molecule has 2 aliphatic heterocycles. The van der Waals surface area contributed by atoms with Crippen LogP contribution in [0.4, 0.5) is 4.79 Å². The van der Waals surface area contributed by atoms with Crippen molar-refractivity contribution >= 4 is 41.2 Å². The Morgan fingerprint density at radius 1 is 1.00 bits per heavy atom. The van der Waals surface area contributed by atoms with Crippen molar-refractivity contribution in [2.24, 2.45) is 5.92 Å². The van der Waals surface area contributed by atoms with Gasteiger partial charge in [-0.25, -0.2) is 4.79 Å². The molecule has 0 radical (unpaired) electrons. The Hall–Kier alpha value is -0.790. The van der Waals surface area contributed by atoms with Crippen molar-refractivity contribution in [3.63, 3.8) is 0 Å². The first-order valence-corrected chi connectivity index (χ1v) is 9.50. The van der Waals surface area contributed by atoms with Crippen LogP contribution in [0.15, 0.2) is 0 Å². The number of thioether (sulfide) groups is 1. The number of carbonyl (C=O) groups excluding carboxylic acids is 3. The summed E-state index contributed by atoms with van der Waals surface area (Å²) in [6.07, 6.45) is 6.37. The van der Waals surface area contributed by atoms with Crippen LogP contribution in [0.3, 0.4) is 0 Å². The Kier molecular flexibility index (Phi) is 5.49. The maximum Gasteiger partial charge on any atom is 0.328 e. The molecule has 2 atom stereocenters. The quantitative estimate of drug-likeness (QED) is 0.592. The highest BCUT2D eigenvalue weighted by molar-refractivity contribution is 8.00. The summed E-state index contributed by atoms with van der Waals surface area (Å²) in [4.78, 5) is 34.6. The van der Waals surface area contributed by atoms with E-state index in [0.29, 0.717) is 17.0 Å². The summed E-state index contributed by atoms with van der Waals surface area (Å²) < 4.78 is 6.00. The normalized spacial score (nSPS) is 36.0. The van der Waals surface area contributed by atoms with Gasteiger partial charge in [-0.15, -0.1) is 23.4 Å². The lowest BCUT2D eigenvalue weighted by Crippen LogP contribution is -2.56. The fourth-order valence-electron chi connectivity index (χ4n) is 3.34. The first kappa shape index (κ1) is 17.0. The van der Waals surface area contributed by atoms with E-state index in [1.165, 1.54) is 0 Å². The van der Waals surface area contributed by atoms with E-state index >= 15 is 0 Å². The van der Waals surface area contributed by atoms with Gasteiger partial charge in [-0.2, -0.15) is 0 Å². The number of rotatable bonds is 4. The van der Waals surface area contributed by atoms with Crippen LogP contribution in [0.25, 0.3) is 0 Å². The molecule has 8 heteroatoms. The van der Waals surface area contributed by atoms with Crippen LogP contribution in [0, 0.1) is 5.92 Å². The van der Waals surface area contributed by atoms with Gasteiger partial charge in [0.2, 0.25) is 11.8 Å². The Morgan fingerprint density at radius 2 is 1.65 bits per heavy atom. The van der Waals surface area contributed by atoms with E-state index < -0.39 is 23.8 Å². The maximum atomic E-state index is 11.8. The smallest absolute Gasteiger partial charge is 0.328 e. The molecule has 2 N–H and O–H groups in total. The van der Waals surface area contributed by atoms with Crippen LogP contribution in [0.1, 0.15) is 44.9 Å². The number of nitrogens with one attached hydrogen (secondary N) is 2. The predicted octanol–water partition coefficient (Wildman–Crippen LogP) is 2.15. The molecule has 0 aromatic heterocycles. The Balaban J connectivity index is 1.45. The summed E-state index contributed by atoms with van der Waals surface area (Å²) in [5, 5.41) is 5.17. The van der Waals surface area contributed by atoms with Crippen LogP contribution >= 0.6 is 23.4 Å². The maximum absolute atomic E-state index is 11.8. The monoisotopic (exact) mass is 360 g/mol. The van der Waals surface area contributed by atoms with Gasteiger partial charge in [-0.05, 0) is 44.9 Å². The minimum absolute atomic E-state index is 0.105. The first-order valence-electron chi connectivity index (χ1n) is 8.12. The highest BCUT2D eigenvalue weighted by Gasteiger charge is 2.38. The molecule has 3 rings (SSSR count). The van der Waals surface area contributed by atoms with Gasteiger partial charge in [-0.3, -0.25) is 20.2 Å². The van der Waals surface area contributed by atoms with Crippen molar-refractivity contribution in [3.8, 4) is 0 Å². The zero-order valence-electron chi connectivity index (χ0n) is 12.8. The Bertz CT molecular complexity index is 476. The molecule has 2 saturated heterocycles. The van der Waals surface area contributed by atoms with Crippen LogP contribution in [0.2, 0.25) is 0 Å². The van der Waals surface area contributed by atoms with E-state index in [-0.39, 0.29) is 11.5 Å². The molecule has 6 nitrogen and oxygen atoms in total. The summed E-state index contributed by atoms with van der Waals surface area (Å²) in [7, 11) is 0. The van der Waals surface area contributed by atoms with E-state index in [1.807, 2.05) is 11.8 Å². The molecule has 128 valence electrons. The molecule has 23 heavy (non-hydrogen) atoms. The van der Waals surface area contributed by atoms with Gasteiger partial charge >= 0.3 is 6.03 Å². The molecule has 3 aliphatic rings. The number of ether oxygens (including phenoxy) is 1. The third-order valence-corrected chi connectivity index (χ3v) is 6.56. The number of imide groups is 2. The van der Waals surface area contributed by atoms with Gasteiger partial charge in [-0.1, -0.05) is 0 Å². The second-order valence-corrected chi connectivity index (χ2v) is 8.45. The molecule has 0 aromatic carbocycles. The van der Waals surface area contributed by atoms with Gasteiger partial charge in [0.25, 0.3) is 0 Å². The number of hydrogen-bond donors (Lipinski definition) is 2. The second-order valence-electron chi connectivity index (χ2n) is 6.37. The van der Waals surface area contributed by atoms with E-state index in [4.69, 9.17) is 16.3 Å². The number of halogens is 1. The Morgan fingerprint density at radius 3 is 2.30 bits per heavy atom. The van der Waals surface area contributed by atoms with Crippen molar-refractivity contribution in [1.29, 1.82) is 0 Å². The lowest BCUT2D eigenvalue weighted by molar-refractivity contribution is -0.137. The highest BCUT2D eigenvalue weighted by atomic mass is 35.5. The number of urea groups is 1. The minimum atomic E-state index is -0.840. The second kappa shape index (κ2) is 7.40. The fourth-order valence-corrected chi connectivity index (χ4v) is 5.06. The van der Waals surface area contributed by atoms with Gasteiger partial charge in [0.05, 0.1) is 6.10 Å². The van der Waals surface area contributed by atoms with Gasteiger partial charge in [0.1, 0.15) is 11.4 Å². The summed E-state index contributed by atoms with van der Waals surface area (Å²) in [6, 6.07) is -0.744. The zero-order chi connectivity index (χ0) is 16.4. The van der Waals surface area contributed by atoms with E-state index in [9.17, 15) is 14.4 Å².